The normalized spacial score (nSPS) is 24.5. The lowest BCUT2D eigenvalue weighted by atomic mass is 9.62. The van der Waals surface area contributed by atoms with E-state index in [-0.39, 0.29) is 5.91 Å². The van der Waals surface area contributed by atoms with E-state index < -0.39 is 5.41 Å². The average molecular weight is 304 g/mol. The molecular formula is C17H24N2OS. The second-order valence-corrected chi connectivity index (χ2v) is 7.05. The average Bonchev–Trinajstić information content (AvgIpc) is 2.36. The van der Waals surface area contributed by atoms with E-state index in [4.69, 9.17) is 18.0 Å². The second kappa shape index (κ2) is 5.76. The van der Waals surface area contributed by atoms with E-state index in [2.05, 4.69) is 32.2 Å². The van der Waals surface area contributed by atoms with Crippen LogP contribution < -0.4 is 11.1 Å². The molecule has 0 aliphatic heterocycles. The summed E-state index contributed by atoms with van der Waals surface area (Å²) in [5.41, 5.74) is 8.32. The van der Waals surface area contributed by atoms with E-state index in [0.717, 1.165) is 29.7 Å². The minimum Gasteiger partial charge on any atom is -0.392 e. The summed E-state index contributed by atoms with van der Waals surface area (Å²) in [6.07, 6.45) is 1.49. The SMILES string of the molecule is Cc1cccc(C(C)C)c1NC(=O)C1(C(N)=S)CC(C)C1. The third-order valence-electron chi connectivity index (χ3n) is 4.47. The van der Waals surface area contributed by atoms with Gasteiger partial charge in [-0.3, -0.25) is 4.79 Å². The minimum atomic E-state index is -0.661. The van der Waals surface area contributed by atoms with Crippen LogP contribution in [-0.4, -0.2) is 10.9 Å². The number of benzene rings is 1. The van der Waals surface area contributed by atoms with Crippen LogP contribution >= 0.6 is 12.2 Å². The number of carbonyl (C=O) groups excluding carboxylic acids is 1. The van der Waals surface area contributed by atoms with Crippen LogP contribution in [0.25, 0.3) is 0 Å². The van der Waals surface area contributed by atoms with Crippen LogP contribution in [0.2, 0.25) is 0 Å². The minimum absolute atomic E-state index is 0.0516. The van der Waals surface area contributed by atoms with E-state index in [1.165, 1.54) is 0 Å². The van der Waals surface area contributed by atoms with Gasteiger partial charge in [-0.1, -0.05) is 51.2 Å². The smallest absolute Gasteiger partial charge is 0.237 e. The number of amides is 1. The van der Waals surface area contributed by atoms with Crippen molar-refractivity contribution < 1.29 is 4.79 Å². The summed E-state index contributed by atoms with van der Waals surface area (Å²) < 4.78 is 0. The van der Waals surface area contributed by atoms with Crippen molar-refractivity contribution in [2.45, 2.75) is 46.5 Å². The van der Waals surface area contributed by atoms with E-state index in [1.54, 1.807) is 0 Å². The van der Waals surface area contributed by atoms with Crippen LogP contribution in [-0.2, 0) is 4.79 Å². The zero-order valence-electron chi connectivity index (χ0n) is 13.2. The molecule has 1 amide bonds. The van der Waals surface area contributed by atoms with Gasteiger partial charge in [0.05, 0.1) is 10.4 Å². The van der Waals surface area contributed by atoms with Crippen LogP contribution in [0.5, 0.6) is 0 Å². The number of nitrogens with two attached hydrogens (primary N) is 1. The molecule has 0 aromatic heterocycles. The van der Waals surface area contributed by atoms with Crippen LogP contribution in [0.3, 0.4) is 0 Å². The highest BCUT2D eigenvalue weighted by atomic mass is 32.1. The summed E-state index contributed by atoms with van der Waals surface area (Å²) in [7, 11) is 0. The summed E-state index contributed by atoms with van der Waals surface area (Å²) >= 11 is 5.16. The molecule has 0 heterocycles. The van der Waals surface area contributed by atoms with Crippen molar-refractivity contribution in [2.24, 2.45) is 17.1 Å². The maximum absolute atomic E-state index is 12.8. The van der Waals surface area contributed by atoms with Gasteiger partial charge in [-0.2, -0.15) is 0 Å². The first-order valence-corrected chi connectivity index (χ1v) is 7.89. The summed E-state index contributed by atoms with van der Waals surface area (Å²) in [6, 6.07) is 6.09. The Bertz CT molecular complexity index is 574. The van der Waals surface area contributed by atoms with Gasteiger partial charge in [0.15, 0.2) is 0 Å². The number of carbonyl (C=O) groups is 1. The van der Waals surface area contributed by atoms with Gasteiger partial charge in [0, 0.05) is 5.69 Å². The molecule has 1 aromatic rings. The molecule has 0 radical (unpaired) electrons. The molecule has 0 atom stereocenters. The molecule has 3 N–H and O–H groups in total. The molecule has 0 unspecified atom stereocenters. The van der Waals surface area contributed by atoms with Crippen molar-refractivity contribution in [2.75, 3.05) is 5.32 Å². The molecule has 21 heavy (non-hydrogen) atoms. The summed E-state index contributed by atoms with van der Waals surface area (Å²) in [5.74, 6) is 0.796. The first kappa shape index (κ1) is 16.0. The fourth-order valence-electron chi connectivity index (χ4n) is 3.20. The number of anilines is 1. The fourth-order valence-corrected chi connectivity index (χ4v) is 3.46. The zero-order chi connectivity index (χ0) is 15.8. The monoisotopic (exact) mass is 304 g/mol. The van der Waals surface area contributed by atoms with Crippen molar-refractivity contribution in [3.63, 3.8) is 0 Å². The Hall–Kier alpha value is -1.42. The van der Waals surface area contributed by atoms with E-state index in [1.807, 2.05) is 19.1 Å². The molecule has 1 fully saturated rings. The first-order valence-electron chi connectivity index (χ1n) is 7.49. The van der Waals surface area contributed by atoms with Gasteiger partial charge in [-0.05, 0) is 42.7 Å². The molecule has 1 aliphatic rings. The van der Waals surface area contributed by atoms with Crippen LogP contribution in [0.4, 0.5) is 5.69 Å². The standard InChI is InChI=1S/C17H24N2OS/c1-10(2)13-7-5-6-12(4)14(13)19-16(20)17(15(18)21)8-11(3)9-17/h5-7,10-11H,8-9H2,1-4H3,(H2,18,21)(H,19,20). The van der Waals surface area contributed by atoms with Gasteiger partial charge in [0.1, 0.15) is 0 Å². The maximum atomic E-state index is 12.8. The van der Waals surface area contributed by atoms with Crippen molar-refractivity contribution in [1.29, 1.82) is 0 Å². The molecule has 0 saturated heterocycles. The van der Waals surface area contributed by atoms with Crippen molar-refractivity contribution in [3.8, 4) is 0 Å². The van der Waals surface area contributed by atoms with Crippen LogP contribution in [0, 0.1) is 18.3 Å². The third-order valence-corrected chi connectivity index (χ3v) is 4.86. The van der Waals surface area contributed by atoms with Gasteiger partial charge in [-0.25, -0.2) is 0 Å². The molecule has 0 spiro atoms. The van der Waals surface area contributed by atoms with Gasteiger partial charge < -0.3 is 11.1 Å². The Labute approximate surface area is 132 Å². The zero-order valence-corrected chi connectivity index (χ0v) is 14.0. The lowest BCUT2D eigenvalue weighted by molar-refractivity contribution is -0.127. The Morgan fingerprint density at radius 3 is 2.52 bits per heavy atom. The molecule has 3 nitrogen and oxygen atoms in total. The molecule has 114 valence electrons. The number of hydrogen-bond acceptors (Lipinski definition) is 2. The number of para-hydroxylation sites is 1. The number of aryl methyl sites for hydroxylation is 1. The molecule has 2 rings (SSSR count). The summed E-state index contributed by atoms with van der Waals surface area (Å²) in [4.78, 5) is 13.1. The van der Waals surface area contributed by atoms with Crippen molar-refractivity contribution in [1.82, 2.24) is 0 Å². The van der Waals surface area contributed by atoms with Gasteiger partial charge in [0.25, 0.3) is 0 Å². The van der Waals surface area contributed by atoms with Crippen LogP contribution in [0.1, 0.15) is 50.7 Å². The van der Waals surface area contributed by atoms with Gasteiger partial charge >= 0.3 is 0 Å². The Kier molecular flexibility index (Phi) is 4.38. The topological polar surface area (TPSA) is 55.1 Å². The molecule has 4 heteroatoms. The fraction of sp³-hybridized carbons (Fsp3) is 0.529. The summed E-state index contributed by atoms with van der Waals surface area (Å²) in [5, 5.41) is 3.10. The predicted molar refractivity (Wildman–Crippen MR) is 91.5 cm³/mol. The van der Waals surface area contributed by atoms with Gasteiger partial charge in [0.2, 0.25) is 5.91 Å². The highest BCUT2D eigenvalue weighted by Crippen LogP contribution is 2.47. The third kappa shape index (κ3) is 2.82. The van der Waals surface area contributed by atoms with Crippen molar-refractivity contribution >= 4 is 28.8 Å². The maximum Gasteiger partial charge on any atom is 0.237 e. The highest BCUT2D eigenvalue weighted by Gasteiger charge is 2.51. The van der Waals surface area contributed by atoms with Gasteiger partial charge in [-0.15, -0.1) is 0 Å². The molecule has 0 bridgehead atoms. The lowest BCUT2D eigenvalue weighted by Gasteiger charge is -2.44. The van der Waals surface area contributed by atoms with E-state index in [0.29, 0.717) is 16.8 Å². The number of nitrogens with one attached hydrogen (secondary N) is 1. The van der Waals surface area contributed by atoms with Crippen LogP contribution in [0.15, 0.2) is 18.2 Å². The largest absolute Gasteiger partial charge is 0.392 e. The molecule has 1 saturated carbocycles. The summed E-state index contributed by atoms with van der Waals surface area (Å²) in [6.45, 7) is 8.38. The Morgan fingerprint density at radius 2 is 2.05 bits per heavy atom. The Balaban J connectivity index is 2.30. The number of hydrogen-bond donors (Lipinski definition) is 2. The quantitative estimate of drug-likeness (QED) is 0.833. The second-order valence-electron chi connectivity index (χ2n) is 6.61. The van der Waals surface area contributed by atoms with E-state index >= 15 is 0 Å². The Morgan fingerprint density at radius 1 is 1.43 bits per heavy atom. The van der Waals surface area contributed by atoms with E-state index in [9.17, 15) is 4.79 Å². The molecule has 1 aromatic carbocycles. The highest BCUT2D eigenvalue weighted by molar-refractivity contribution is 7.80. The molecular weight excluding hydrogens is 280 g/mol. The first-order chi connectivity index (χ1) is 9.78. The molecule has 1 aliphatic carbocycles. The lowest BCUT2D eigenvalue weighted by Crippen LogP contribution is -2.54. The van der Waals surface area contributed by atoms with Crippen molar-refractivity contribution in [3.05, 3.63) is 29.3 Å². The predicted octanol–water partition coefficient (Wildman–Crippen LogP) is 3.76. The number of thiocarbonyl (C=S) groups is 1. The number of rotatable bonds is 4.